The van der Waals surface area contributed by atoms with Gasteiger partial charge in [0.15, 0.2) is 6.23 Å². The summed E-state index contributed by atoms with van der Waals surface area (Å²) in [6.45, 7) is -0.784. The van der Waals surface area contributed by atoms with Crippen molar-refractivity contribution in [1.82, 2.24) is 14.6 Å². The first-order valence-electron chi connectivity index (χ1n) is 5.57. The van der Waals surface area contributed by atoms with Crippen LogP contribution in [-0.2, 0) is 4.84 Å². The third-order valence-corrected chi connectivity index (χ3v) is 3.33. The van der Waals surface area contributed by atoms with E-state index in [0.29, 0.717) is 0 Å². The summed E-state index contributed by atoms with van der Waals surface area (Å²) in [4.78, 5) is 29.7. The number of halogens is 1. The number of aromatic amines is 1. The number of hydrogen-bond donors (Lipinski definition) is 3. The molecule has 1 atom stereocenters. The zero-order valence-corrected chi connectivity index (χ0v) is 10.2. The lowest BCUT2D eigenvalue weighted by atomic mass is 9.97. The van der Waals surface area contributed by atoms with Gasteiger partial charge in [-0.2, -0.15) is 9.45 Å². The molecule has 8 nitrogen and oxygen atoms in total. The van der Waals surface area contributed by atoms with E-state index < -0.39 is 42.0 Å². The largest absolute Gasteiger partial charge is 0.394 e. The van der Waals surface area contributed by atoms with Gasteiger partial charge in [-0.3, -0.25) is 19.2 Å². The Bertz CT molecular complexity index is 579. The molecule has 1 saturated heterocycles. The van der Waals surface area contributed by atoms with Crippen molar-refractivity contribution in [3.05, 3.63) is 32.9 Å². The van der Waals surface area contributed by atoms with Gasteiger partial charge in [-0.15, -0.1) is 0 Å². The van der Waals surface area contributed by atoms with Crippen LogP contribution in [0.1, 0.15) is 12.6 Å². The van der Waals surface area contributed by atoms with E-state index in [-0.39, 0.29) is 6.42 Å². The average Bonchev–Trinajstić information content (AvgIpc) is 2.71. The van der Waals surface area contributed by atoms with Crippen LogP contribution in [0.15, 0.2) is 15.8 Å². The molecular formula is C10H14FN3O5. The average molecular weight is 275 g/mol. The minimum absolute atomic E-state index is 0.0713. The quantitative estimate of drug-likeness (QED) is 0.598. The van der Waals surface area contributed by atoms with Gasteiger partial charge in [0.2, 0.25) is 5.82 Å². The van der Waals surface area contributed by atoms with Crippen LogP contribution < -0.4 is 11.2 Å². The van der Waals surface area contributed by atoms with Crippen LogP contribution >= 0.6 is 0 Å². The molecule has 0 aromatic carbocycles. The van der Waals surface area contributed by atoms with Crippen molar-refractivity contribution < 1.29 is 19.4 Å². The summed E-state index contributed by atoms with van der Waals surface area (Å²) in [5.41, 5.74) is -2.99. The first-order valence-corrected chi connectivity index (χ1v) is 5.57. The molecule has 0 saturated carbocycles. The van der Waals surface area contributed by atoms with Crippen molar-refractivity contribution in [1.29, 1.82) is 0 Å². The molecule has 1 aliphatic rings. The van der Waals surface area contributed by atoms with E-state index in [0.717, 1.165) is 10.8 Å². The third-order valence-electron chi connectivity index (χ3n) is 3.33. The number of nitrogens with zero attached hydrogens (tertiary/aromatic N) is 2. The maximum atomic E-state index is 13.2. The Hall–Kier alpha value is -1.55. The molecule has 0 spiro atoms. The lowest BCUT2D eigenvalue weighted by Crippen LogP contribution is -2.47. The molecule has 2 heterocycles. The number of H-pyrrole nitrogens is 1. The summed E-state index contributed by atoms with van der Waals surface area (Å²) >= 11 is 0. The lowest BCUT2D eigenvalue weighted by molar-refractivity contribution is -0.200. The molecule has 0 bridgehead atoms. The molecule has 0 aliphatic carbocycles. The second-order valence-corrected chi connectivity index (χ2v) is 4.45. The molecule has 2 rings (SSSR count). The highest BCUT2D eigenvalue weighted by Gasteiger charge is 2.45. The Morgan fingerprint density at radius 2 is 2.16 bits per heavy atom. The highest BCUT2D eigenvalue weighted by atomic mass is 19.1. The number of aliphatic hydroxyl groups excluding tert-OH is 2. The van der Waals surface area contributed by atoms with Gasteiger partial charge in [-0.25, -0.2) is 4.79 Å². The molecule has 1 unspecified atom stereocenters. The molecule has 1 aromatic rings. The van der Waals surface area contributed by atoms with Gasteiger partial charge in [0.05, 0.1) is 24.9 Å². The molecular weight excluding hydrogens is 261 g/mol. The number of likely N-dealkylation sites (N-methyl/N-ethyl adjacent to an activating group) is 1. The van der Waals surface area contributed by atoms with Crippen LogP contribution in [0.3, 0.4) is 0 Å². The fourth-order valence-corrected chi connectivity index (χ4v) is 1.99. The molecule has 9 heteroatoms. The molecule has 106 valence electrons. The summed E-state index contributed by atoms with van der Waals surface area (Å²) < 4.78 is 14.1. The molecule has 1 aliphatic heterocycles. The minimum Gasteiger partial charge on any atom is -0.394 e. The Labute approximate surface area is 106 Å². The van der Waals surface area contributed by atoms with Gasteiger partial charge >= 0.3 is 5.69 Å². The van der Waals surface area contributed by atoms with Gasteiger partial charge in [0.1, 0.15) is 0 Å². The number of aliphatic hydroxyl groups is 2. The number of hydroxylamine groups is 2. The van der Waals surface area contributed by atoms with Gasteiger partial charge in [-0.05, 0) is 0 Å². The van der Waals surface area contributed by atoms with Crippen LogP contribution in [0.2, 0.25) is 0 Å². The summed E-state index contributed by atoms with van der Waals surface area (Å²) in [5.74, 6) is -1.11. The first-order chi connectivity index (χ1) is 8.93. The number of rotatable bonds is 3. The molecule has 3 N–H and O–H groups in total. The SMILES string of the molecule is CN1OC(n2cc(F)c(=O)[nH]c2=O)CC1(CO)CO. The van der Waals surface area contributed by atoms with Crippen molar-refractivity contribution in [3.63, 3.8) is 0 Å². The van der Waals surface area contributed by atoms with Crippen molar-refractivity contribution in [2.75, 3.05) is 20.3 Å². The normalized spacial score (nSPS) is 22.8. The summed E-state index contributed by atoms with van der Waals surface area (Å²) in [6.07, 6.45) is -0.102. The third kappa shape index (κ3) is 2.21. The molecule has 1 aromatic heterocycles. The monoisotopic (exact) mass is 275 g/mol. The van der Waals surface area contributed by atoms with E-state index >= 15 is 0 Å². The Kier molecular flexibility index (Phi) is 3.54. The lowest BCUT2D eigenvalue weighted by Gasteiger charge is -2.28. The van der Waals surface area contributed by atoms with Crippen LogP contribution in [0, 0.1) is 5.82 Å². The van der Waals surface area contributed by atoms with Crippen LogP contribution in [-0.4, -0.2) is 50.6 Å². The number of aromatic nitrogens is 2. The fraction of sp³-hybridized carbons (Fsp3) is 0.600. The fourth-order valence-electron chi connectivity index (χ4n) is 1.99. The molecule has 0 radical (unpaired) electrons. The summed E-state index contributed by atoms with van der Waals surface area (Å²) in [6, 6.07) is 0. The number of hydrogen-bond acceptors (Lipinski definition) is 6. The zero-order chi connectivity index (χ0) is 14.2. The highest BCUT2D eigenvalue weighted by Crippen LogP contribution is 2.34. The molecule has 19 heavy (non-hydrogen) atoms. The van der Waals surface area contributed by atoms with Crippen LogP contribution in [0.5, 0.6) is 0 Å². The zero-order valence-electron chi connectivity index (χ0n) is 10.2. The maximum Gasteiger partial charge on any atom is 0.330 e. The van der Waals surface area contributed by atoms with E-state index in [2.05, 4.69) is 0 Å². The first kappa shape index (κ1) is 13.9. The Morgan fingerprint density at radius 3 is 2.68 bits per heavy atom. The van der Waals surface area contributed by atoms with Crippen molar-refractivity contribution >= 4 is 0 Å². The standard InChI is InChI=1S/C10H14FN3O5/c1-13-10(4-15,5-16)2-7(19-13)14-3-6(11)8(17)12-9(14)18/h3,7,15-16H,2,4-5H2,1H3,(H,12,17,18). The second kappa shape index (κ2) is 4.85. The Morgan fingerprint density at radius 1 is 1.53 bits per heavy atom. The topological polar surface area (TPSA) is 108 Å². The van der Waals surface area contributed by atoms with Gasteiger partial charge < -0.3 is 10.2 Å². The highest BCUT2D eigenvalue weighted by molar-refractivity contribution is 4.95. The smallest absolute Gasteiger partial charge is 0.330 e. The van der Waals surface area contributed by atoms with Gasteiger partial charge in [-0.1, -0.05) is 0 Å². The van der Waals surface area contributed by atoms with Crippen molar-refractivity contribution in [2.24, 2.45) is 0 Å². The van der Waals surface area contributed by atoms with Crippen molar-refractivity contribution in [2.45, 2.75) is 18.2 Å². The summed E-state index contributed by atoms with van der Waals surface area (Å²) in [7, 11) is 1.49. The van der Waals surface area contributed by atoms with E-state index in [4.69, 9.17) is 4.84 Å². The van der Waals surface area contributed by atoms with Crippen molar-refractivity contribution in [3.8, 4) is 0 Å². The van der Waals surface area contributed by atoms with Crippen LogP contribution in [0.25, 0.3) is 0 Å². The Balaban J connectivity index is 2.38. The molecule has 1 fully saturated rings. The van der Waals surface area contributed by atoms with Gasteiger partial charge in [0, 0.05) is 13.5 Å². The predicted molar refractivity (Wildman–Crippen MR) is 60.7 cm³/mol. The van der Waals surface area contributed by atoms with E-state index in [1.165, 1.54) is 12.1 Å². The second-order valence-electron chi connectivity index (χ2n) is 4.45. The predicted octanol–water partition coefficient (Wildman–Crippen LogP) is -1.84. The maximum absolute atomic E-state index is 13.2. The molecule has 0 amide bonds. The number of nitrogens with one attached hydrogen (secondary N) is 1. The summed E-state index contributed by atoms with van der Waals surface area (Å²) in [5, 5.41) is 19.9. The van der Waals surface area contributed by atoms with E-state index in [1.807, 2.05) is 4.98 Å². The van der Waals surface area contributed by atoms with Gasteiger partial charge in [0.25, 0.3) is 5.56 Å². The van der Waals surface area contributed by atoms with Crippen LogP contribution in [0.4, 0.5) is 4.39 Å². The minimum atomic E-state index is -1.11. The van der Waals surface area contributed by atoms with E-state index in [1.54, 1.807) is 0 Å². The van der Waals surface area contributed by atoms with E-state index in [9.17, 15) is 24.2 Å².